The average Bonchev–Trinajstić information content (AvgIpc) is 2.64. The molecular formula is C21H23NO3. The van der Waals surface area contributed by atoms with Gasteiger partial charge in [-0.2, -0.15) is 0 Å². The Morgan fingerprint density at radius 2 is 1.68 bits per heavy atom. The van der Waals surface area contributed by atoms with Crippen molar-refractivity contribution in [2.75, 3.05) is 7.11 Å². The third-order valence-corrected chi connectivity index (χ3v) is 3.87. The van der Waals surface area contributed by atoms with Gasteiger partial charge in [0.05, 0.1) is 12.7 Å². The van der Waals surface area contributed by atoms with E-state index in [4.69, 9.17) is 0 Å². The molecule has 1 amide bonds. The van der Waals surface area contributed by atoms with E-state index in [2.05, 4.69) is 36.0 Å². The van der Waals surface area contributed by atoms with Gasteiger partial charge < -0.3 is 10.1 Å². The Morgan fingerprint density at radius 1 is 1.04 bits per heavy atom. The van der Waals surface area contributed by atoms with Crippen LogP contribution in [0.5, 0.6) is 0 Å². The Morgan fingerprint density at radius 3 is 2.24 bits per heavy atom. The van der Waals surface area contributed by atoms with Gasteiger partial charge >= 0.3 is 5.97 Å². The predicted molar refractivity (Wildman–Crippen MR) is 99.2 cm³/mol. The van der Waals surface area contributed by atoms with Crippen molar-refractivity contribution < 1.29 is 14.3 Å². The Hall–Kier alpha value is -2.88. The molecule has 0 aliphatic carbocycles. The number of ether oxygens (including phenoxy) is 1. The highest BCUT2D eigenvalue weighted by atomic mass is 16.5. The zero-order chi connectivity index (χ0) is 18.2. The molecule has 0 saturated heterocycles. The second kappa shape index (κ2) is 8.83. The normalized spacial score (nSPS) is 10.9. The Bertz CT molecular complexity index is 744. The maximum Gasteiger partial charge on any atom is 0.337 e. The lowest BCUT2D eigenvalue weighted by Gasteiger charge is -2.05. The van der Waals surface area contributed by atoms with Crippen molar-refractivity contribution in [1.82, 2.24) is 5.32 Å². The third-order valence-electron chi connectivity index (χ3n) is 3.87. The van der Waals surface area contributed by atoms with Crippen LogP contribution in [0.2, 0.25) is 0 Å². The number of amides is 1. The number of methoxy groups -OCH3 is 1. The molecule has 2 rings (SSSR count). The van der Waals surface area contributed by atoms with Gasteiger partial charge in [-0.25, -0.2) is 4.79 Å². The van der Waals surface area contributed by atoms with Gasteiger partial charge in [0.15, 0.2) is 0 Å². The van der Waals surface area contributed by atoms with Crippen LogP contribution in [0.1, 0.15) is 46.8 Å². The van der Waals surface area contributed by atoms with E-state index in [0.717, 1.165) is 11.1 Å². The topological polar surface area (TPSA) is 55.4 Å². The Balaban J connectivity index is 1.86. The van der Waals surface area contributed by atoms with Gasteiger partial charge in [0.1, 0.15) is 0 Å². The molecule has 0 aromatic heterocycles. The van der Waals surface area contributed by atoms with Crippen molar-refractivity contribution >= 4 is 18.0 Å². The lowest BCUT2D eigenvalue weighted by Crippen LogP contribution is -2.20. The fourth-order valence-electron chi connectivity index (χ4n) is 2.29. The van der Waals surface area contributed by atoms with Crippen molar-refractivity contribution in [2.45, 2.75) is 26.3 Å². The van der Waals surface area contributed by atoms with E-state index < -0.39 is 0 Å². The molecule has 0 atom stereocenters. The highest BCUT2D eigenvalue weighted by molar-refractivity contribution is 5.91. The Kier molecular flexibility index (Phi) is 6.52. The summed E-state index contributed by atoms with van der Waals surface area (Å²) in [5.74, 6) is -0.0427. The first-order chi connectivity index (χ1) is 12.0. The minimum absolute atomic E-state index is 0.162. The molecule has 0 heterocycles. The highest BCUT2D eigenvalue weighted by Gasteiger charge is 2.04. The summed E-state index contributed by atoms with van der Waals surface area (Å²) in [6.07, 6.45) is 3.31. The molecule has 25 heavy (non-hydrogen) atoms. The monoisotopic (exact) mass is 337 g/mol. The molecule has 4 nitrogen and oxygen atoms in total. The van der Waals surface area contributed by atoms with Gasteiger partial charge in [-0.1, -0.05) is 50.2 Å². The van der Waals surface area contributed by atoms with Crippen LogP contribution in [-0.2, 0) is 16.1 Å². The van der Waals surface area contributed by atoms with Gasteiger partial charge in [-0.05, 0) is 40.8 Å². The molecule has 2 aromatic rings. The van der Waals surface area contributed by atoms with Crippen LogP contribution in [0.25, 0.3) is 6.08 Å². The maximum absolute atomic E-state index is 11.9. The van der Waals surface area contributed by atoms with Crippen LogP contribution in [-0.4, -0.2) is 19.0 Å². The minimum atomic E-state index is -0.373. The van der Waals surface area contributed by atoms with E-state index in [0.29, 0.717) is 18.0 Å². The molecule has 0 bridgehead atoms. The number of hydrogen-bond donors (Lipinski definition) is 1. The summed E-state index contributed by atoms with van der Waals surface area (Å²) >= 11 is 0. The largest absolute Gasteiger partial charge is 0.465 e. The van der Waals surface area contributed by atoms with Crippen LogP contribution < -0.4 is 5.32 Å². The first-order valence-electron chi connectivity index (χ1n) is 8.22. The molecule has 0 aliphatic heterocycles. The molecule has 0 spiro atoms. The number of carbonyl (C=O) groups excluding carboxylic acids is 2. The summed E-state index contributed by atoms with van der Waals surface area (Å²) in [6, 6.07) is 15.1. The lowest BCUT2D eigenvalue weighted by molar-refractivity contribution is -0.116. The minimum Gasteiger partial charge on any atom is -0.465 e. The summed E-state index contributed by atoms with van der Waals surface area (Å²) < 4.78 is 4.65. The summed E-state index contributed by atoms with van der Waals surface area (Å²) in [5.41, 5.74) is 3.66. The number of hydrogen-bond acceptors (Lipinski definition) is 3. The number of nitrogens with one attached hydrogen (secondary N) is 1. The van der Waals surface area contributed by atoms with Gasteiger partial charge in [0, 0.05) is 12.6 Å². The number of rotatable bonds is 6. The second-order valence-corrected chi connectivity index (χ2v) is 6.06. The van der Waals surface area contributed by atoms with Gasteiger partial charge in [0.2, 0.25) is 5.91 Å². The van der Waals surface area contributed by atoms with Crippen molar-refractivity contribution in [3.05, 3.63) is 76.9 Å². The molecule has 0 saturated carbocycles. The Labute approximate surface area is 148 Å². The smallest absolute Gasteiger partial charge is 0.337 e. The van der Waals surface area contributed by atoms with Gasteiger partial charge in [0.25, 0.3) is 0 Å². The fourth-order valence-corrected chi connectivity index (χ4v) is 2.29. The molecule has 0 radical (unpaired) electrons. The van der Waals surface area contributed by atoms with Crippen molar-refractivity contribution in [3.63, 3.8) is 0 Å². The zero-order valence-electron chi connectivity index (χ0n) is 14.8. The molecule has 0 aliphatic rings. The van der Waals surface area contributed by atoms with E-state index in [1.807, 2.05) is 12.1 Å². The average molecular weight is 337 g/mol. The van der Waals surface area contributed by atoms with Crippen LogP contribution in [0.4, 0.5) is 0 Å². The number of esters is 1. The maximum atomic E-state index is 11.9. The standard InChI is InChI=1S/C21H23NO3/c1-15(2)18-9-4-16(5-10-18)8-13-20(23)22-14-17-6-11-19(12-7-17)21(24)25-3/h4-13,15H,14H2,1-3H3,(H,22,23)/b13-8+. The summed E-state index contributed by atoms with van der Waals surface area (Å²) in [6.45, 7) is 4.70. The van der Waals surface area contributed by atoms with Crippen molar-refractivity contribution in [2.24, 2.45) is 0 Å². The van der Waals surface area contributed by atoms with E-state index in [1.165, 1.54) is 18.7 Å². The molecule has 1 N–H and O–H groups in total. The molecule has 0 unspecified atom stereocenters. The third kappa shape index (κ3) is 5.60. The first kappa shape index (κ1) is 18.5. The van der Waals surface area contributed by atoms with Crippen molar-refractivity contribution in [3.8, 4) is 0 Å². The predicted octanol–water partition coefficient (Wildman–Crippen LogP) is 3.93. The van der Waals surface area contributed by atoms with Gasteiger partial charge in [-0.15, -0.1) is 0 Å². The lowest BCUT2D eigenvalue weighted by atomic mass is 10.0. The highest BCUT2D eigenvalue weighted by Crippen LogP contribution is 2.15. The van der Waals surface area contributed by atoms with Gasteiger partial charge in [-0.3, -0.25) is 4.79 Å². The molecular weight excluding hydrogens is 314 g/mol. The van der Waals surface area contributed by atoms with Crippen LogP contribution in [0.15, 0.2) is 54.6 Å². The second-order valence-electron chi connectivity index (χ2n) is 6.06. The van der Waals surface area contributed by atoms with Crippen LogP contribution >= 0.6 is 0 Å². The van der Waals surface area contributed by atoms with E-state index in [1.54, 1.807) is 30.3 Å². The number of carbonyl (C=O) groups is 2. The van der Waals surface area contributed by atoms with E-state index in [-0.39, 0.29) is 11.9 Å². The SMILES string of the molecule is COC(=O)c1ccc(CNC(=O)/C=C/c2ccc(C(C)C)cc2)cc1. The van der Waals surface area contributed by atoms with Crippen LogP contribution in [0, 0.1) is 0 Å². The summed E-state index contributed by atoms with van der Waals surface area (Å²) in [5, 5.41) is 2.82. The number of benzene rings is 2. The summed E-state index contributed by atoms with van der Waals surface area (Å²) in [4.78, 5) is 23.3. The fraction of sp³-hybridized carbons (Fsp3) is 0.238. The van der Waals surface area contributed by atoms with Crippen molar-refractivity contribution in [1.29, 1.82) is 0 Å². The molecule has 130 valence electrons. The molecule has 0 fully saturated rings. The van der Waals surface area contributed by atoms with E-state index in [9.17, 15) is 9.59 Å². The van der Waals surface area contributed by atoms with Crippen LogP contribution in [0.3, 0.4) is 0 Å². The quantitative estimate of drug-likeness (QED) is 0.642. The van der Waals surface area contributed by atoms with E-state index >= 15 is 0 Å². The zero-order valence-corrected chi connectivity index (χ0v) is 14.8. The summed E-state index contributed by atoms with van der Waals surface area (Å²) in [7, 11) is 1.35. The molecule has 4 heteroatoms. The first-order valence-corrected chi connectivity index (χ1v) is 8.22. The molecule has 2 aromatic carbocycles.